The Morgan fingerprint density at radius 3 is 2.69 bits per heavy atom. The lowest BCUT2D eigenvalue weighted by molar-refractivity contribution is -0.116. The molecular weight excluding hydrogens is 350 g/mol. The first-order valence-electron chi connectivity index (χ1n) is 9.37. The van der Waals surface area contributed by atoms with Crippen LogP contribution in [0.5, 0.6) is 0 Å². The molecule has 3 atom stereocenters. The minimum Gasteiger partial charge on any atom is -0.329 e. The summed E-state index contributed by atoms with van der Waals surface area (Å²) in [7, 11) is -3.67. The fourth-order valence-corrected chi connectivity index (χ4v) is 6.08. The molecule has 3 rings (SSSR count). The van der Waals surface area contributed by atoms with Crippen molar-refractivity contribution in [3.8, 4) is 0 Å². The highest BCUT2D eigenvalue weighted by molar-refractivity contribution is 7.89. The Labute approximate surface area is 156 Å². The van der Waals surface area contributed by atoms with Crippen molar-refractivity contribution >= 4 is 21.6 Å². The number of nitrogens with zero attached hydrogens (tertiary/aromatic N) is 1. The maximum absolute atomic E-state index is 13.1. The zero-order valence-electron chi connectivity index (χ0n) is 15.8. The Bertz CT molecular complexity index is 808. The van der Waals surface area contributed by atoms with Crippen LogP contribution in [0.15, 0.2) is 23.1 Å². The Balaban J connectivity index is 1.92. The molecule has 0 saturated heterocycles. The number of anilines is 1. The van der Waals surface area contributed by atoms with E-state index in [1.807, 2.05) is 6.92 Å². The van der Waals surface area contributed by atoms with Crippen LogP contribution in [0.3, 0.4) is 0 Å². The highest BCUT2D eigenvalue weighted by Gasteiger charge is 2.41. The van der Waals surface area contributed by atoms with Gasteiger partial charge in [0.1, 0.15) is 0 Å². The highest BCUT2D eigenvalue weighted by atomic mass is 32.2. The minimum absolute atomic E-state index is 0.0249. The van der Waals surface area contributed by atoms with E-state index in [0.29, 0.717) is 13.0 Å². The number of nitrogens with two attached hydrogens (primary N) is 1. The van der Waals surface area contributed by atoms with Gasteiger partial charge in [-0.05, 0) is 55.9 Å². The largest absolute Gasteiger partial charge is 0.329 e. The zero-order valence-corrected chi connectivity index (χ0v) is 16.6. The maximum atomic E-state index is 13.1. The SMILES string of the molecule is CC(=O)N1c2ccc(S(=O)(=O)NC3(CN)CCCCC3C)cc2CC1C. The normalized spacial score (nSPS) is 28.8. The summed E-state index contributed by atoms with van der Waals surface area (Å²) in [4.78, 5) is 13.8. The van der Waals surface area contributed by atoms with E-state index >= 15 is 0 Å². The van der Waals surface area contributed by atoms with E-state index in [4.69, 9.17) is 5.73 Å². The fraction of sp³-hybridized carbons (Fsp3) is 0.632. The molecule has 3 N–H and O–H groups in total. The quantitative estimate of drug-likeness (QED) is 0.838. The average molecular weight is 380 g/mol. The van der Waals surface area contributed by atoms with Crippen molar-refractivity contribution in [1.82, 2.24) is 4.72 Å². The topological polar surface area (TPSA) is 92.5 Å². The van der Waals surface area contributed by atoms with Gasteiger partial charge in [0.25, 0.3) is 0 Å². The molecule has 1 aliphatic carbocycles. The van der Waals surface area contributed by atoms with Gasteiger partial charge < -0.3 is 10.6 Å². The second-order valence-corrected chi connectivity index (χ2v) is 9.53. The van der Waals surface area contributed by atoms with Gasteiger partial charge in [-0.25, -0.2) is 13.1 Å². The van der Waals surface area contributed by atoms with Crippen molar-refractivity contribution in [2.24, 2.45) is 11.7 Å². The van der Waals surface area contributed by atoms with Gasteiger partial charge in [-0.15, -0.1) is 0 Å². The van der Waals surface area contributed by atoms with Gasteiger partial charge in [0.15, 0.2) is 0 Å². The molecule has 1 fully saturated rings. The number of fused-ring (bicyclic) bond motifs is 1. The second kappa shape index (κ2) is 6.94. The number of carbonyl (C=O) groups excluding carboxylic acids is 1. The number of amides is 1. The van der Waals surface area contributed by atoms with Crippen molar-refractivity contribution < 1.29 is 13.2 Å². The van der Waals surface area contributed by atoms with E-state index in [-0.39, 0.29) is 22.8 Å². The van der Waals surface area contributed by atoms with Gasteiger partial charge in [-0.2, -0.15) is 0 Å². The highest BCUT2D eigenvalue weighted by Crippen LogP contribution is 2.36. The lowest BCUT2D eigenvalue weighted by atomic mass is 9.74. The van der Waals surface area contributed by atoms with Crippen LogP contribution in [-0.2, 0) is 21.2 Å². The average Bonchev–Trinajstić information content (AvgIpc) is 2.91. The Morgan fingerprint density at radius 1 is 1.35 bits per heavy atom. The summed E-state index contributed by atoms with van der Waals surface area (Å²) < 4.78 is 29.0. The lowest BCUT2D eigenvalue weighted by Gasteiger charge is -2.42. The third-order valence-electron chi connectivity index (χ3n) is 6.07. The predicted molar refractivity (Wildman–Crippen MR) is 103 cm³/mol. The van der Waals surface area contributed by atoms with Crippen molar-refractivity contribution in [2.75, 3.05) is 11.4 Å². The Hall–Kier alpha value is -1.44. The van der Waals surface area contributed by atoms with Crippen LogP contribution in [0.4, 0.5) is 5.69 Å². The number of hydrogen-bond donors (Lipinski definition) is 2. The van der Waals surface area contributed by atoms with E-state index in [1.165, 1.54) is 6.92 Å². The molecule has 7 heteroatoms. The lowest BCUT2D eigenvalue weighted by Crippen LogP contribution is -2.58. The molecule has 1 aromatic rings. The van der Waals surface area contributed by atoms with Gasteiger partial charge >= 0.3 is 0 Å². The van der Waals surface area contributed by atoms with Crippen LogP contribution in [-0.4, -0.2) is 32.5 Å². The number of hydrogen-bond acceptors (Lipinski definition) is 4. The van der Waals surface area contributed by atoms with E-state index in [9.17, 15) is 13.2 Å². The summed E-state index contributed by atoms with van der Waals surface area (Å²) in [5, 5.41) is 0. The van der Waals surface area contributed by atoms with E-state index in [0.717, 1.165) is 36.9 Å². The second-order valence-electron chi connectivity index (χ2n) is 7.85. The van der Waals surface area contributed by atoms with Crippen molar-refractivity contribution in [2.45, 2.75) is 69.4 Å². The minimum atomic E-state index is -3.67. The molecule has 3 unspecified atom stereocenters. The zero-order chi connectivity index (χ0) is 19.1. The van der Waals surface area contributed by atoms with Crippen LogP contribution in [0, 0.1) is 5.92 Å². The molecule has 6 nitrogen and oxygen atoms in total. The molecule has 0 spiro atoms. The number of nitrogens with one attached hydrogen (secondary N) is 1. The summed E-state index contributed by atoms with van der Waals surface area (Å²) in [5.41, 5.74) is 7.13. The molecule has 1 amide bonds. The van der Waals surface area contributed by atoms with Gasteiger partial charge in [-0.3, -0.25) is 4.79 Å². The number of benzene rings is 1. The summed E-state index contributed by atoms with van der Waals surface area (Å²) >= 11 is 0. The molecule has 2 aliphatic rings. The molecule has 144 valence electrons. The first kappa shape index (κ1) is 19.3. The molecule has 0 aromatic heterocycles. The van der Waals surface area contributed by atoms with Crippen LogP contribution in [0.25, 0.3) is 0 Å². The van der Waals surface area contributed by atoms with Crippen molar-refractivity contribution in [3.05, 3.63) is 23.8 Å². The van der Waals surface area contributed by atoms with Crippen molar-refractivity contribution in [1.29, 1.82) is 0 Å². The molecule has 1 saturated carbocycles. The smallest absolute Gasteiger partial charge is 0.241 e. The molecule has 0 bridgehead atoms. The Morgan fingerprint density at radius 2 is 2.08 bits per heavy atom. The summed E-state index contributed by atoms with van der Waals surface area (Å²) in [5.74, 6) is 0.182. The van der Waals surface area contributed by atoms with Crippen molar-refractivity contribution in [3.63, 3.8) is 0 Å². The third-order valence-corrected chi connectivity index (χ3v) is 7.62. The van der Waals surface area contributed by atoms with Crippen LogP contribution in [0.1, 0.15) is 52.0 Å². The number of carbonyl (C=O) groups is 1. The van der Waals surface area contributed by atoms with Gasteiger partial charge in [0.05, 0.1) is 4.90 Å². The molecule has 1 heterocycles. The summed E-state index contributed by atoms with van der Waals surface area (Å²) in [6, 6.07) is 5.08. The van der Waals surface area contributed by atoms with Gasteiger partial charge in [0, 0.05) is 30.7 Å². The van der Waals surface area contributed by atoms with Gasteiger partial charge in [0.2, 0.25) is 15.9 Å². The maximum Gasteiger partial charge on any atom is 0.241 e. The molecule has 1 aromatic carbocycles. The Kier molecular flexibility index (Phi) is 5.16. The van der Waals surface area contributed by atoms with E-state index in [2.05, 4.69) is 11.6 Å². The van der Waals surface area contributed by atoms with E-state index < -0.39 is 15.6 Å². The number of rotatable bonds is 4. The monoisotopic (exact) mass is 379 g/mol. The first-order valence-corrected chi connectivity index (χ1v) is 10.9. The first-order chi connectivity index (χ1) is 12.2. The van der Waals surface area contributed by atoms with E-state index in [1.54, 1.807) is 23.1 Å². The molecular formula is C19H29N3O3S. The summed E-state index contributed by atoms with van der Waals surface area (Å²) in [6.07, 6.45) is 4.51. The fourth-order valence-electron chi connectivity index (χ4n) is 4.49. The third kappa shape index (κ3) is 3.28. The summed E-state index contributed by atoms with van der Waals surface area (Å²) in [6.45, 7) is 5.88. The molecule has 26 heavy (non-hydrogen) atoms. The van der Waals surface area contributed by atoms with Crippen LogP contribution in [0.2, 0.25) is 0 Å². The standard InChI is InChI=1S/C19H29N3O3S/c1-13-6-4-5-9-19(13,12-20)21-26(24,25)17-7-8-18-16(11-17)10-14(2)22(18)15(3)23/h7-8,11,13-14,21H,4-6,9-10,12,20H2,1-3H3. The van der Waals surface area contributed by atoms with Crippen LogP contribution >= 0.6 is 0 Å². The predicted octanol–water partition coefficient (Wildman–Crippen LogP) is 2.17. The van der Waals surface area contributed by atoms with Crippen LogP contribution < -0.4 is 15.4 Å². The molecule has 0 radical (unpaired) electrons. The number of sulfonamides is 1. The van der Waals surface area contributed by atoms with Gasteiger partial charge in [-0.1, -0.05) is 19.8 Å². The molecule has 1 aliphatic heterocycles.